The molecular formula is C11H23NOS. The van der Waals surface area contributed by atoms with E-state index in [1.807, 2.05) is 7.05 Å². The zero-order valence-corrected chi connectivity index (χ0v) is 10.4. The molecule has 0 aromatic heterocycles. The van der Waals surface area contributed by atoms with Gasteiger partial charge in [0.25, 0.3) is 0 Å². The first-order valence-electron chi connectivity index (χ1n) is 5.69. The molecule has 0 aromatic rings. The molecule has 0 bridgehead atoms. The summed E-state index contributed by atoms with van der Waals surface area (Å²) in [5, 5.41) is 3.71. The summed E-state index contributed by atoms with van der Waals surface area (Å²) in [6.07, 6.45) is 4.89. The van der Waals surface area contributed by atoms with Crippen LogP contribution in [0.1, 0.15) is 39.5 Å². The molecule has 0 amide bonds. The highest BCUT2D eigenvalue weighted by Crippen LogP contribution is 2.23. The molecule has 0 radical (unpaired) electrons. The van der Waals surface area contributed by atoms with E-state index in [0.29, 0.717) is 17.2 Å². The van der Waals surface area contributed by atoms with Gasteiger partial charge >= 0.3 is 0 Å². The first-order valence-corrected chi connectivity index (χ1v) is 7.07. The normalized spacial score (nSPS) is 30.6. The molecule has 84 valence electrons. The topological polar surface area (TPSA) is 29.1 Å². The Kier molecular flexibility index (Phi) is 5.10. The molecule has 1 N–H and O–H groups in total. The maximum absolute atomic E-state index is 12.0. The van der Waals surface area contributed by atoms with Crippen LogP contribution in [-0.2, 0) is 10.8 Å². The van der Waals surface area contributed by atoms with Crippen LogP contribution in [0.3, 0.4) is 0 Å². The second-order valence-electron chi connectivity index (χ2n) is 4.66. The van der Waals surface area contributed by atoms with E-state index in [4.69, 9.17) is 0 Å². The molecule has 0 saturated heterocycles. The van der Waals surface area contributed by atoms with Gasteiger partial charge in [0.1, 0.15) is 0 Å². The number of hydrogen-bond acceptors (Lipinski definition) is 2. The van der Waals surface area contributed by atoms with Crippen molar-refractivity contribution in [3.8, 4) is 0 Å². The van der Waals surface area contributed by atoms with Gasteiger partial charge in [-0.3, -0.25) is 4.21 Å². The molecule has 1 rings (SSSR count). The molecule has 1 saturated carbocycles. The number of rotatable bonds is 4. The molecule has 1 aliphatic rings. The second-order valence-corrected chi connectivity index (χ2v) is 6.36. The van der Waals surface area contributed by atoms with Crippen molar-refractivity contribution in [3.63, 3.8) is 0 Å². The SMILES string of the molecule is CNC1CCCCC1S(=O)CC(C)C. The molecule has 1 aliphatic carbocycles. The lowest BCUT2D eigenvalue weighted by molar-refractivity contribution is 0.398. The Labute approximate surface area is 90.3 Å². The molecular weight excluding hydrogens is 194 g/mol. The van der Waals surface area contributed by atoms with Crippen LogP contribution in [0.2, 0.25) is 0 Å². The molecule has 14 heavy (non-hydrogen) atoms. The Morgan fingerprint density at radius 3 is 2.57 bits per heavy atom. The van der Waals surface area contributed by atoms with Crippen molar-refractivity contribution >= 4 is 10.8 Å². The Bertz CT molecular complexity index is 194. The quantitative estimate of drug-likeness (QED) is 0.779. The van der Waals surface area contributed by atoms with Crippen molar-refractivity contribution in [2.24, 2.45) is 5.92 Å². The molecule has 3 heteroatoms. The third-order valence-electron chi connectivity index (χ3n) is 2.91. The zero-order valence-electron chi connectivity index (χ0n) is 9.58. The van der Waals surface area contributed by atoms with Crippen molar-refractivity contribution < 1.29 is 4.21 Å². The summed E-state index contributed by atoms with van der Waals surface area (Å²) >= 11 is 0. The van der Waals surface area contributed by atoms with E-state index in [1.54, 1.807) is 0 Å². The molecule has 3 atom stereocenters. The zero-order chi connectivity index (χ0) is 10.6. The summed E-state index contributed by atoms with van der Waals surface area (Å²) in [7, 11) is 1.37. The number of nitrogens with one attached hydrogen (secondary N) is 1. The van der Waals surface area contributed by atoms with E-state index in [1.165, 1.54) is 19.3 Å². The van der Waals surface area contributed by atoms with E-state index < -0.39 is 10.8 Å². The van der Waals surface area contributed by atoms with Gasteiger partial charge in [-0.05, 0) is 25.8 Å². The van der Waals surface area contributed by atoms with E-state index in [-0.39, 0.29) is 0 Å². The van der Waals surface area contributed by atoms with E-state index in [9.17, 15) is 4.21 Å². The van der Waals surface area contributed by atoms with E-state index >= 15 is 0 Å². The fraction of sp³-hybridized carbons (Fsp3) is 1.00. The summed E-state index contributed by atoms with van der Waals surface area (Å²) in [4.78, 5) is 0. The summed E-state index contributed by atoms with van der Waals surface area (Å²) < 4.78 is 12.0. The molecule has 0 aliphatic heterocycles. The van der Waals surface area contributed by atoms with Crippen LogP contribution in [0.15, 0.2) is 0 Å². The van der Waals surface area contributed by atoms with E-state index in [0.717, 1.165) is 12.2 Å². The highest BCUT2D eigenvalue weighted by molar-refractivity contribution is 7.85. The third-order valence-corrected chi connectivity index (χ3v) is 5.14. The van der Waals surface area contributed by atoms with Gasteiger partial charge in [-0.25, -0.2) is 0 Å². The van der Waals surface area contributed by atoms with Crippen LogP contribution in [0, 0.1) is 5.92 Å². The molecule has 2 nitrogen and oxygen atoms in total. The molecule has 0 spiro atoms. The van der Waals surface area contributed by atoms with Gasteiger partial charge in [0.2, 0.25) is 0 Å². The summed E-state index contributed by atoms with van der Waals surface area (Å²) in [5.74, 6) is 1.42. The molecule has 1 fully saturated rings. The summed E-state index contributed by atoms with van der Waals surface area (Å²) in [5.41, 5.74) is 0. The Morgan fingerprint density at radius 2 is 2.00 bits per heavy atom. The first kappa shape index (κ1) is 12.2. The molecule has 0 heterocycles. The minimum Gasteiger partial charge on any atom is -0.316 e. The summed E-state index contributed by atoms with van der Waals surface area (Å²) in [6, 6.07) is 0.489. The molecule has 0 aromatic carbocycles. The fourth-order valence-electron chi connectivity index (χ4n) is 2.19. The van der Waals surface area contributed by atoms with E-state index in [2.05, 4.69) is 19.2 Å². The first-order chi connectivity index (χ1) is 6.65. The van der Waals surface area contributed by atoms with Gasteiger partial charge in [-0.15, -0.1) is 0 Å². The predicted octanol–water partition coefficient (Wildman–Crippen LogP) is 1.92. The fourth-order valence-corrected chi connectivity index (χ4v) is 4.17. The van der Waals surface area contributed by atoms with Crippen molar-refractivity contribution in [2.75, 3.05) is 12.8 Å². The van der Waals surface area contributed by atoms with Crippen LogP contribution >= 0.6 is 0 Å². The second kappa shape index (κ2) is 5.86. The highest BCUT2D eigenvalue weighted by atomic mass is 32.2. The highest BCUT2D eigenvalue weighted by Gasteiger charge is 2.28. The van der Waals surface area contributed by atoms with Crippen LogP contribution < -0.4 is 5.32 Å². The maximum Gasteiger partial charge on any atom is 0.0501 e. The minimum absolute atomic E-state index is 0.399. The van der Waals surface area contributed by atoms with Crippen molar-refractivity contribution in [1.82, 2.24) is 5.32 Å². The van der Waals surface area contributed by atoms with Crippen molar-refractivity contribution in [1.29, 1.82) is 0 Å². The Balaban J connectivity index is 2.50. The molecule has 3 unspecified atom stereocenters. The van der Waals surface area contributed by atoms with Crippen LogP contribution in [-0.4, -0.2) is 28.3 Å². The lowest BCUT2D eigenvalue weighted by atomic mass is 9.95. The van der Waals surface area contributed by atoms with Gasteiger partial charge < -0.3 is 5.32 Å². The lowest BCUT2D eigenvalue weighted by Gasteiger charge is -2.31. The van der Waals surface area contributed by atoms with Gasteiger partial charge in [-0.2, -0.15) is 0 Å². The smallest absolute Gasteiger partial charge is 0.0501 e. The van der Waals surface area contributed by atoms with Crippen molar-refractivity contribution in [3.05, 3.63) is 0 Å². The monoisotopic (exact) mass is 217 g/mol. The predicted molar refractivity (Wildman–Crippen MR) is 63.0 cm³/mol. The lowest BCUT2D eigenvalue weighted by Crippen LogP contribution is -2.43. The Morgan fingerprint density at radius 1 is 1.36 bits per heavy atom. The average Bonchev–Trinajstić information content (AvgIpc) is 2.16. The Hall–Kier alpha value is 0.110. The van der Waals surface area contributed by atoms with Crippen molar-refractivity contribution in [2.45, 2.75) is 50.8 Å². The van der Waals surface area contributed by atoms with Gasteiger partial charge in [-0.1, -0.05) is 26.7 Å². The standard InChI is InChI=1S/C11H23NOS/c1-9(2)8-14(13)11-7-5-4-6-10(11)12-3/h9-12H,4-8H2,1-3H3. The summed E-state index contributed by atoms with van der Waals surface area (Å²) in [6.45, 7) is 4.30. The van der Waals surface area contributed by atoms with Gasteiger partial charge in [0.05, 0.1) is 5.25 Å². The van der Waals surface area contributed by atoms with Crippen LogP contribution in [0.5, 0.6) is 0 Å². The minimum atomic E-state index is -0.629. The van der Waals surface area contributed by atoms with Gasteiger partial charge in [0.15, 0.2) is 0 Å². The average molecular weight is 217 g/mol. The maximum atomic E-state index is 12.0. The van der Waals surface area contributed by atoms with Crippen LogP contribution in [0.4, 0.5) is 0 Å². The largest absolute Gasteiger partial charge is 0.316 e. The third kappa shape index (κ3) is 3.35. The number of hydrogen-bond donors (Lipinski definition) is 1. The van der Waals surface area contributed by atoms with Crippen LogP contribution in [0.25, 0.3) is 0 Å². The van der Waals surface area contributed by atoms with Gasteiger partial charge in [0, 0.05) is 22.6 Å².